The molecule has 3 aliphatic rings. The number of benzene rings is 2. The molecule has 0 saturated carbocycles. The first-order chi connectivity index (χ1) is 14.4. The lowest BCUT2D eigenvalue weighted by Gasteiger charge is -2.46. The van der Waals surface area contributed by atoms with Crippen LogP contribution in [0.5, 0.6) is 5.75 Å². The zero-order chi connectivity index (χ0) is 21.0. The number of hydrogen-bond donors (Lipinski definition) is 1. The van der Waals surface area contributed by atoms with Gasteiger partial charge in [-0.1, -0.05) is 48.1 Å². The van der Waals surface area contributed by atoms with Gasteiger partial charge in [-0.15, -0.1) is 0 Å². The van der Waals surface area contributed by atoms with Gasteiger partial charge < -0.3 is 10.1 Å². The quantitative estimate of drug-likeness (QED) is 0.641. The summed E-state index contributed by atoms with van der Waals surface area (Å²) in [6, 6.07) is 13.6. The maximum absolute atomic E-state index is 13.7. The Labute approximate surface area is 178 Å². The summed E-state index contributed by atoms with van der Waals surface area (Å²) in [5.41, 5.74) is 7.71. The third-order valence-corrected chi connectivity index (χ3v) is 6.77. The molecule has 2 aliphatic carbocycles. The Morgan fingerprint density at radius 3 is 2.60 bits per heavy atom. The SMILES string of the molecule is COc1cccc2c1C1=C(C(c3ccc(F)cc3)C2)C2C(C)=CC(C)(C)NC2C=C1. The fourth-order valence-electron chi connectivity index (χ4n) is 5.74. The second-order valence-corrected chi connectivity index (χ2v) is 9.29. The third kappa shape index (κ3) is 3.04. The van der Waals surface area contributed by atoms with Gasteiger partial charge in [-0.05, 0) is 67.7 Å². The third-order valence-electron chi connectivity index (χ3n) is 6.77. The molecule has 154 valence electrons. The highest BCUT2D eigenvalue weighted by molar-refractivity contribution is 5.87. The van der Waals surface area contributed by atoms with Gasteiger partial charge in [0, 0.05) is 29.0 Å². The van der Waals surface area contributed by atoms with Crippen molar-refractivity contribution in [2.75, 3.05) is 7.11 Å². The first kappa shape index (κ1) is 19.3. The van der Waals surface area contributed by atoms with E-state index in [2.05, 4.69) is 56.4 Å². The minimum atomic E-state index is -0.190. The van der Waals surface area contributed by atoms with Crippen LogP contribution in [-0.4, -0.2) is 18.7 Å². The molecule has 30 heavy (non-hydrogen) atoms. The summed E-state index contributed by atoms with van der Waals surface area (Å²) in [4.78, 5) is 0. The summed E-state index contributed by atoms with van der Waals surface area (Å²) in [5, 5.41) is 3.80. The van der Waals surface area contributed by atoms with Gasteiger partial charge in [-0.3, -0.25) is 0 Å². The second-order valence-electron chi connectivity index (χ2n) is 9.29. The molecule has 0 fully saturated rings. The molecule has 3 heteroatoms. The van der Waals surface area contributed by atoms with E-state index in [0.29, 0.717) is 0 Å². The van der Waals surface area contributed by atoms with Crippen molar-refractivity contribution in [2.45, 2.75) is 44.7 Å². The minimum Gasteiger partial charge on any atom is -0.496 e. The van der Waals surface area contributed by atoms with Gasteiger partial charge in [0.05, 0.1) is 7.11 Å². The highest BCUT2D eigenvalue weighted by Gasteiger charge is 2.42. The van der Waals surface area contributed by atoms with Crippen LogP contribution in [0, 0.1) is 11.7 Å². The molecular formula is C27H28FNO. The summed E-state index contributed by atoms with van der Waals surface area (Å²) in [7, 11) is 1.74. The number of hydrogen-bond acceptors (Lipinski definition) is 2. The maximum Gasteiger partial charge on any atom is 0.126 e. The number of allylic oxidation sites excluding steroid dienone is 2. The van der Waals surface area contributed by atoms with E-state index in [9.17, 15) is 4.39 Å². The molecule has 0 aromatic heterocycles. The molecule has 3 atom stereocenters. The van der Waals surface area contributed by atoms with Gasteiger partial charge in [0.25, 0.3) is 0 Å². The van der Waals surface area contributed by atoms with Crippen LogP contribution < -0.4 is 10.1 Å². The van der Waals surface area contributed by atoms with Gasteiger partial charge in [-0.25, -0.2) is 4.39 Å². The summed E-state index contributed by atoms with van der Waals surface area (Å²) < 4.78 is 19.4. The molecule has 1 aliphatic heterocycles. The number of halogens is 1. The lowest BCUT2D eigenvalue weighted by molar-refractivity contribution is 0.350. The number of fused-ring (bicyclic) bond motifs is 4. The molecule has 0 radical (unpaired) electrons. The van der Waals surface area contributed by atoms with E-state index in [1.807, 2.05) is 18.2 Å². The largest absolute Gasteiger partial charge is 0.496 e. The summed E-state index contributed by atoms with van der Waals surface area (Å²) in [5.74, 6) is 1.23. The topological polar surface area (TPSA) is 21.3 Å². The summed E-state index contributed by atoms with van der Waals surface area (Å²) in [6.07, 6.45) is 7.84. The number of ether oxygens (including phenoxy) is 1. The van der Waals surface area contributed by atoms with E-state index in [0.717, 1.165) is 12.2 Å². The van der Waals surface area contributed by atoms with Gasteiger partial charge in [-0.2, -0.15) is 0 Å². The number of rotatable bonds is 2. The van der Waals surface area contributed by atoms with Crippen LogP contribution in [0.4, 0.5) is 4.39 Å². The van der Waals surface area contributed by atoms with E-state index in [1.165, 1.54) is 33.4 Å². The maximum atomic E-state index is 13.7. The van der Waals surface area contributed by atoms with Crippen molar-refractivity contribution in [1.29, 1.82) is 0 Å². The molecule has 0 saturated heterocycles. The zero-order valence-electron chi connectivity index (χ0n) is 18.0. The van der Waals surface area contributed by atoms with Crippen LogP contribution in [0.2, 0.25) is 0 Å². The molecule has 1 N–H and O–H groups in total. The van der Waals surface area contributed by atoms with Crippen molar-refractivity contribution in [3.8, 4) is 5.75 Å². The van der Waals surface area contributed by atoms with Crippen molar-refractivity contribution in [1.82, 2.24) is 5.32 Å². The molecule has 3 unspecified atom stereocenters. The molecule has 1 heterocycles. The fourth-order valence-corrected chi connectivity index (χ4v) is 5.74. The highest BCUT2D eigenvalue weighted by atomic mass is 19.1. The van der Waals surface area contributed by atoms with Crippen molar-refractivity contribution in [3.63, 3.8) is 0 Å². The first-order valence-electron chi connectivity index (χ1n) is 10.7. The van der Waals surface area contributed by atoms with Crippen LogP contribution in [0.25, 0.3) is 5.57 Å². The van der Waals surface area contributed by atoms with E-state index in [1.54, 1.807) is 19.2 Å². The Hall–Kier alpha value is -2.65. The molecule has 0 spiro atoms. The highest BCUT2D eigenvalue weighted by Crippen LogP contribution is 2.52. The van der Waals surface area contributed by atoms with Crippen LogP contribution in [-0.2, 0) is 6.42 Å². The minimum absolute atomic E-state index is 0.0384. The fraction of sp³-hybridized carbons (Fsp3) is 0.333. The van der Waals surface area contributed by atoms with E-state index in [-0.39, 0.29) is 29.2 Å². The number of methoxy groups -OCH3 is 1. The Bertz CT molecular complexity index is 1090. The second kappa shape index (κ2) is 6.95. The van der Waals surface area contributed by atoms with Gasteiger partial charge in [0.1, 0.15) is 11.6 Å². The van der Waals surface area contributed by atoms with Crippen molar-refractivity contribution in [3.05, 3.63) is 94.3 Å². The normalized spacial score (nSPS) is 26.4. The first-order valence-corrected chi connectivity index (χ1v) is 10.7. The summed E-state index contributed by atoms with van der Waals surface area (Å²) in [6.45, 7) is 6.70. The lowest BCUT2D eigenvalue weighted by Crippen LogP contribution is -2.53. The zero-order valence-corrected chi connectivity index (χ0v) is 18.0. The average Bonchev–Trinajstić information content (AvgIpc) is 2.71. The predicted molar refractivity (Wildman–Crippen MR) is 120 cm³/mol. The Balaban J connectivity index is 1.75. The summed E-state index contributed by atoms with van der Waals surface area (Å²) >= 11 is 0. The monoisotopic (exact) mass is 401 g/mol. The Kier molecular flexibility index (Phi) is 4.48. The lowest BCUT2D eigenvalue weighted by atomic mass is 9.64. The smallest absolute Gasteiger partial charge is 0.126 e. The van der Waals surface area contributed by atoms with Crippen molar-refractivity contribution < 1.29 is 9.13 Å². The van der Waals surface area contributed by atoms with E-state index in [4.69, 9.17) is 4.74 Å². The Morgan fingerprint density at radius 1 is 1.10 bits per heavy atom. The molecule has 0 bridgehead atoms. The van der Waals surface area contributed by atoms with Crippen LogP contribution in [0.15, 0.2) is 71.8 Å². The van der Waals surface area contributed by atoms with Gasteiger partial charge in [0.15, 0.2) is 0 Å². The molecule has 2 aromatic rings. The van der Waals surface area contributed by atoms with Crippen molar-refractivity contribution >= 4 is 5.57 Å². The molecule has 0 amide bonds. The van der Waals surface area contributed by atoms with E-state index < -0.39 is 0 Å². The molecule has 5 rings (SSSR count). The molecular weight excluding hydrogens is 373 g/mol. The van der Waals surface area contributed by atoms with Crippen LogP contribution in [0.3, 0.4) is 0 Å². The van der Waals surface area contributed by atoms with Crippen LogP contribution in [0.1, 0.15) is 43.4 Å². The van der Waals surface area contributed by atoms with Gasteiger partial charge >= 0.3 is 0 Å². The Morgan fingerprint density at radius 2 is 1.87 bits per heavy atom. The molecule has 2 aromatic carbocycles. The van der Waals surface area contributed by atoms with E-state index >= 15 is 0 Å². The standard InChI is InChI=1S/C27H28FNO/c1-16-15-27(2,3)29-22-13-12-20-25-18(6-5-7-23(25)30-4)14-21(26(20)24(16)22)17-8-10-19(28)11-9-17/h5-13,15,21-22,24,29H,14H2,1-4H3. The van der Waals surface area contributed by atoms with Gasteiger partial charge in [0.2, 0.25) is 0 Å². The predicted octanol–water partition coefficient (Wildman–Crippen LogP) is 5.81. The van der Waals surface area contributed by atoms with Crippen LogP contribution >= 0.6 is 0 Å². The number of nitrogens with one attached hydrogen (secondary N) is 1. The average molecular weight is 402 g/mol. The van der Waals surface area contributed by atoms with Crippen molar-refractivity contribution in [2.24, 2.45) is 5.92 Å². The molecule has 2 nitrogen and oxygen atoms in total.